The molecule has 4 nitrogen and oxygen atoms in total. The Labute approximate surface area is 265 Å². The maximum Gasteiger partial charge on any atom is 0.145 e. The van der Waals surface area contributed by atoms with Crippen molar-refractivity contribution in [2.45, 2.75) is 19.3 Å². The number of imidazole rings is 1. The highest BCUT2D eigenvalue weighted by Crippen LogP contribution is 2.44. The average molecular weight is 592 g/mol. The molecule has 9 aromatic rings. The van der Waals surface area contributed by atoms with Crippen LogP contribution in [0.3, 0.4) is 0 Å². The van der Waals surface area contributed by atoms with Gasteiger partial charge in [0.25, 0.3) is 0 Å². The largest absolute Gasteiger partial charge is 0.455 e. The minimum atomic E-state index is 0.377. The van der Waals surface area contributed by atoms with Crippen molar-refractivity contribution in [3.05, 3.63) is 145 Å². The molecule has 1 aliphatic carbocycles. The van der Waals surface area contributed by atoms with Gasteiger partial charge in [-0.05, 0) is 72.5 Å². The van der Waals surface area contributed by atoms with Gasteiger partial charge < -0.3 is 8.98 Å². The van der Waals surface area contributed by atoms with Gasteiger partial charge in [-0.15, -0.1) is 0 Å². The van der Waals surface area contributed by atoms with Crippen LogP contribution < -0.4 is 0 Å². The van der Waals surface area contributed by atoms with Crippen LogP contribution in [0.2, 0.25) is 0 Å². The van der Waals surface area contributed by atoms with Gasteiger partial charge in [-0.3, -0.25) is 4.57 Å². The van der Waals surface area contributed by atoms with Gasteiger partial charge in [0.1, 0.15) is 17.0 Å². The van der Waals surface area contributed by atoms with Crippen molar-refractivity contribution >= 4 is 60.7 Å². The molecule has 3 heterocycles. The standard InChI is InChI=1S/C42H29N3O/c1-26-10-8-15-33-39-37(25-24-32-31-14-4-7-19-38(31)46-41(32)39)44(40(26)33)29-22-20-28(21-23-29)42-43-34-16-5-6-17-36(34)45(42)35-18-9-12-27-11-2-3-13-30(27)35/h2-9,11-26H,10H2,1H3. The van der Waals surface area contributed by atoms with Crippen LogP contribution in [0.4, 0.5) is 0 Å². The fourth-order valence-electron chi connectivity index (χ4n) is 7.66. The minimum absolute atomic E-state index is 0.377. The summed E-state index contributed by atoms with van der Waals surface area (Å²) >= 11 is 0. The summed E-state index contributed by atoms with van der Waals surface area (Å²) in [6.07, 6.45) is 5.61. The number of fused-ring (bicyclic) bond motifs is 9. The number of aromatic nitrogens is 3. The third-order valence-corrected chi connectivity index (χ3v) is 9.75. The summed E-state index contributed by atoms with van der Waals surface area (Å²) in [7, 11) is 0. The summed E-state index contributed by atoms with van der Waals surface area (Å²) in [5.74, 6) is 1.31. The first-order chi connectivity index (χ1) is 22.7. The Hall–Kier alpha value is -5.87. The topological polar surface area (TPSA) is 35.9 Å². The fourth-order valence-corrected chi connectivity index (χ4v) is 7.66. The summed E-state index contributed by atoms with van der Waals surface area (Å²) in [5.41, 5.74) is 11.1. The van der Waals surface area contributed by atoms with E-state index in [-0.39, 0.29) is 0 Å². The highest BCUT2D eigenvalue weighted by atomic mass is 16.3. The molecule has 0 saturated carbocycles. The molecular weight excluding hydrogens is 562 g/mol. The van der Waals surface area contributed by atoms with Gasteiger partial charge >= 0.3 is 0 Å². The first kappa shape index (κ1) is 25.5. The molecule has 0 bridgehead atoms. The van der Waals surface area contributed by atoms with E-state index in [0.717, 1.165) is 62.2 Å². The Balaban J connectivity index is 1.19. The van der Waals surface area contributed by atoms with Crippen molar-refractivity contribution in [2.75, 3.05) is 0 Å². The third kappa shape index (κ3) is 3.52. The van der Waals surface area contributed by atoms with Crippen molar-refractivity contribution in [2.24, 2.45) is 0 Å². The van der Waals surface area contributed by atoms with Crippen LogP contribution in [0.1, 0.15) is 30.5 Å². The molecule has 0 N–H and O–H groups in total. The Bertz CT molecular complexity index is 2680. The lowest BCUT2D eigenvalue weighted by atomic mass is 9.93. The zero-order chi connectivity index (χ0) is 30.4. The Morgan fingerprint density at radius 2 is 1.46 bits per heavy atom. The number of allylic oxidation sites excluding steroid dienone is 1. The molecule has 10 rings (SSSR count). The molecule has 0 amide bonds. The molecule has 1 aliphatic rings. The van der Waals surface area contributed by atoms with Gasteiger partial charge in [-0.1, -0.05) is 85.8 Å². The van der Waals surface area contributed by atoms with Crippen molar-refractivity contribution in [3.8, 4) is 22.8 Å². The van der Waals surface area contributed by atoms with E-state index in [1.807, 2.05) is 6.07 Å². The van der Waals surface area contributed by atoms with Crippen molar-refractivity contribution < 1.29 is 4.42 Å². The quantitative estimate of drug-likeness (QED) is 0.205. The molecule has 1 unspecified atom stereocenters. The second kappa shape index (κ2) is 9.56. The zero-order valence-electron chi connectivity index (χ0n) is 25.3. The lowest BCUT2D eigenvalue weighted by molar-refractivity contribution is 0.672. The van der Waals surface area contributed by atoms with Gasteiger partial charge in [0.2, 0.25) is 0 Å². The molecular formula is C42H29N3O. The van der Waals surface area contributed by atoms with E-state index >= 15 is 0 Å². The number of nitrogens with zero attached hydrogens (tertiary/aromatic N) is 3. The van der Waals surface area contributed by atoms with E-state index in [2.05, 4.69) is 150 Å². The number of furan rings is 1. The zero-order valence-corrected chi connectivity index (χ0v) is 25.3. The fraction of sp³-hybridized carbons (Fsp3) is 0.0714. The van der Waals surface area contributed by atoms with E-state index in [1.165, 1.54) is 32.9 Å². The van der Waals surface area contributed by atoms with E-state index in [0.29, 0.717) is 5.92 Å². The molecule has 0 saturated heterocycles. The SMILES string of the molecule is CC1CC=Cc2c1n(-c1ccc(-c3nc4ccccc4n3-c3cccc4ccccc34)cc1)c1ccc3c4ccccc4oc3c21. The number of rotatable bonds is 3. The normalized spacial score (nSPS) is 14.7. The van der Waals surface area contributed by atoms with Crippen LogP contribution >= 0.6 is 0 Å². The second-order valence-electron chi connectivity index (χ2n) is 12.4. The third-order valence-electron chi connectivity index (χ3n) is 9.75. The van der Waals surface area contributed by atoms with E-state index < -0.39 is 0 Å². The summed E-state index contributed by atoms with van der Waals surface area (Å²) in [6.45, 7) is 2.33. The molecule has 1 atom stereocenters. The predicted octanol–water partition coefficient (Wildman–Crippen LogP) is 11.2. The van der Waals surface area contributed by atoms with E-state index in [9.17, 15) is 0 Å². The lowest BCUT2D eigenvalue weighted by Gasteiger charge is -2.19. The molecule has 218 valence electrons. The van der Waals surface area contributed by atoms with E-state index in [1.54, 1.807) is 0 Å². The minimum Gasteiger partial charge on any atom is -0.455 e. The summed E-state index contributed by atoms with van der Waals surface area (Å²) < 4.78 is 11.3. The first-order valence-electron chi connectivity index (χ1n) is 16.0. The Morgan fingerprint density at radius 3 is 2.37 bits per heavy atom. The van der Waals surface area contributed by atoms with Crippen LogP contribution in [0.5, 0.6) is 0 Å². The van der Waals surface area contributed by atoms with Crippen molar-refractivity contribution in [3.63, 3.8) is 0 Å². The molecule has 6 aromatic carbocycles. The molecule has 0 aliphatic heterocycles. The number of hydrogen-bond donors (Lipinski definition) is 0. The number of benzene rings is 6. The first-order valence-corrected chi connectivity index (χ1v) is 16.0. The van der Waals surface area contributed by atoms with Gasteiger partial charge in [-0.2, -0.15) is 0 Å². The maximum absolute atomic E-state index is 6.55. The van der Waals surface area contributed by atoms with Crippen LogP contribution in [-0.4, -0.2) is 14.1 Å². The molecule has 0 fully saturated rings. The number of para-hydroxylation sites is 3. The molecule has 0 spiro atoms. The Morgan fingerprint density at radius 1 is 0.674 bits per heavy atom. The van der Waals surface area contributed by atoms with Crippen molar-refractivity contribution in [1.82, 2.24) is 14.1 Å². The van der Waals surface area contributed by atoms with E-state index in [4.69, 9.17) is 9.40 Å². The molecule has 46 heavy (non-hydrogen) atoms. The lowest BCUT2D eigenvalue weighted by Crippen LogP contribution is -2.07. The monoisotopic (exact) mass is 591 g/mol. The maximum atomic E-state index is 6.55. The highest BCUT2D eigenvalue weighted by molar-refractivity contribution is 6.17. The van der Waals surface area contributed by atoms with Crippen LogP contribution in [0.25, 0.3) is 83.5 Å². The highest BCUT2D eigenvalue weighted by Gasteiger charge is 2.26. The average Bonchev–Trinajstić information content (AvgIpc) is 3.78. The van der Waals surface area contributed by atoms with Gasteiger partial charge in [0.05, 0.1) is 27.6 Å². The van der Waals surface area contributed by atoms with Crippen molar-refractivity contribution in [1.29, 1.82) is 0 Å². The second-order valence-corrected chi connectivity index (χ2v) is 12.4. The van der Waals surface area contributed by atoms with Crippen LogP contribution in [0, 0.1) is 0 Å². The van der Waals surface area contributed by atoms with Gasteiger partial charge in [-0.25, -0.2) is 4.98 Å². The molecule has 4 heteroatoms. The molecule has 3 aromatic heterocycles. The number of hydrogen-bond acceptors (Lipinski definition) is 2. The van der Waals surface area contributed by atoms with Crippen LogP contribution in [0.15, 0.2) is 138 Å². The van der Waals surface area contributed by atoms with Crippen LogP contribution in [-0.2, 0) is 0 Å². The van der Waals surface area contributed by atoms with Gasteiger partial charge in [0, 0.05) is 44.6 Å². The Kier molecular flexibility index (Phi) is 5.29. The summed E-state index contributed by atoms with van der Waals surface area (Å²) in [5, 5.41) is 5.93. The van der Waals surface area contributed by atoms with Gasteiger partial charge in [0.15, 0.2) is 0 Å². The summed E-state index contributed by atoms with van der Waals surface area (Å²) in [6, 6.07) is 45.2. The predicted molar refractivity (Wildman–Crippen MR) is 190 cm³/mol. The smallest absolute Gasteiger partial charge is 0.145 e. The molecule has 0 radical (unpaired) electrons. The summed E-state index contributed by atoms with van der Waals surface area (Å²) in [4.78, 5) is 5.18.